The second-order valence-corrected chi connectivity index (χ2v) is 6.59. The molecule has 1 aromatic heterocycles. The van der Waals surface area contributed by atoms with Crippen LogP contribution in [0.4, 0.5) is 0 Å². The molecule has 3 heteroatoms. The molecule has 92 valence electrons. The molecule has 0 spiro atoms. The monoisotopic (exact) mass is 365 g/mol. The number of aromatic nitrogens is 1. The van der Waals surface area contributed by atoms with Crippen molar-refractivity contribution in [2.45, 2.75) is 26.2 Å². The molecule has 1 nitrogen and oxygen atoms in total. The van der Waals surface area contributed by atoms with E-state index in [2.05, 4.69) is 62.0 Å². The third kappa shape index (κ3) is 2.26. The molecule has 0 unspecified atom stereocenters. The fraction of sp³-hybridized carbons (Fsp3) is 0.267. The van der Waals surface area contributed by atoms with Gasteiger partial charge in [-0.3, -0.25) is 4.98 Å². The van der Waals surface area contributed by atoms with Gasteiger partial charge in [-0.2, -0.15) is 0 Å². The first kappa shape index (κ1) is 12.4. The van der Waals surface area contributed by atoms with Gasteiger partial charge in [0.1, 0.15) is 0 Å². The lowest BCUT2D eigenvalue weighted by Gasteiger charge is -2.09. The fourth-order valence-corrected chi connectivity index (χ4v) is 3.72. The Morgan fingerprint density at radius 2 is 1.83 bits per heavy atom. The number of benzene rings is 1. The van der Waals surface area contributed by atoms with Gasteiger partial charge in [0.2, 0.25) is 0 Å². The van der Waals surface area contributed by atoms with Crippen molar-refractivity contribution in [2.75, 3.05) is 0 Å². The number of hydrogen-bond donors (Lipinski definition) is 0. The molecule has 0 aliphatic heterocycles. The lowest BCUT2D eigenvalue weighted by Crippen LogP contribution is -1.97. The number of pyridine rings is 1. The summed E-state index contributed by atoms with van der Waals surface area (Å²) in [6, 6.07) is 6.71. The number of rotatable bonds is 0. The van der Waals surface area contributed by atoms with Crippen LogP contribution in [0.3, 0.4) is 0 Å². The fourth-order valence-electron chi connectivity index (χ4n) is 2.59. The van der Waals surface area contributed by atoms with Gasteiger partial charge in [0.05, 0.1) is 0 Å². The smallest absolute Gasteiger partial charge is 0.0480 e. The van der Waals surface area contributed by atoms with E-state index in [0.29, 0.717) is 0 Å². The van der Waals surface area contributed by atoms with E-state index in [-0.39, 0.29) is 0 Å². The number of aryl methyl sites for hydroxylation is 3. The van der Waals surface area contributed by atoms with Crippen molar-refractivity contribution in [1.29, 1.82) is 0 Å². The molecule has 0 saturated heterocycles. The van der Waals surface area contributed by atoms with Gasteiger partial charge in [0.15, 0.2) is 0 Å². The highest BCUT2D eigenvalue weighted by atomic mass is 79.9. The molecule has 1 aromatic carbocycles. The Morgan fingerprint density at radius 3 is 2.67 bits per heavy atom. The van der Waals surface area contributed by atoms with Crippen molar-refractivity contribution in [1.82, 2.24) is 4.98 Å². The summed E-state index contributed by atoms with van der Waals surface area (Å²) >= 11 is 7.20. The molecule has 0 N–H and O–H groups in total. The molecule has 1 aliphatic rings. The van der Waals surface area contributed by atoms with Crippen LogP contribution in [0.25, 0.3) is 0 Å². The average molecular weight is 367 g/mol. The highest BCUT2D eigenvalue weighted by Crippen LogP contribution is 2.30. The van der Waals surface area contributed by atoms with Gasteiger partial charge in [-0.15, -0.1) is 0 Å². The SMILES string of the molecule is Cc1cc(Br)c2c(c1)CCc1cc(Br)cnc1C2. The predicted molar refractivity (Wildman–Crippen MR) is 81.0 cm³/mol. The topological polar surface area (TPSA) is 12.9 Å². The Balaban J connectivity index is 2.12. The van der Waals surface area contributed by atoms with Crippen LogP contribution < -0.4 is 0 Å². The summed E-state index contributed by atoms with van der Waals surface area (Å²) in [5.74, 6) is 0. The zero-order valence-electron chi connectivity index (χ0n) is 10.1. The zero-order valence-corrected chi connectivity index (χ0v) is 13.3. The first-order chi connectivity index (χ1) is 8.63. The minimum Gasteiger partial charge on any atom is -0.259 e. The first-order valence-corrected chi connectivity index (χ1v) is 7.63. The molecule has 2 aromatic rings. The van der Waals surface area contributed by atoms with E-state index in [1.807, 2.05) is 6.20 Å². The van der Waals surface area contributed by atoms with Crippen LogP contribution in [0.2, 0.25) is 0 Å². The minimum absolute atomic E-state index is 0.929. The molecule has 18 heavy (non-hydrogen) atoms. The summed E-state index contributed by atoms with van der Waals surface area (Å²) in [6.45, 7) is 2.15. The van der Waals surface area contributed by atoms with Crippen molar-refractivity contribution in [3.8, 4) is 0 Å². The molecular weight excluding hydrogens is 354 g/mol. The molecule has 0 fully saturated rings. The highest BCUT2D eigenvalue weighted by Gasteiger charge is 2.17. The van der Waals surface area contributed by atoms with Crippen molar-refractivity contribution < 1.29 is 0 Å². The van der Waals surface area contributed by atoms with Crippen molar-refractivity contribution in [2.24, 2.45) is 0 Å². The zero-order chi connectivity index (χ0) is 12.7. The van der Waals surface area contributed by atoms with Crippen LogP contribution in [0, 0.1) is 6.92 Å². The van der Waals surface area contributed by atoms with E-state index < -0.39 is 0 Å². The van der Waals surface area contributed by atoms with Crippen LogP contribution in [-0.2, 0) is 19.3 Å². The Bertz CT molecular complexity index is 620. The van der Waals surface area contributed by atoms with Gasteiger partial charge < -0.3 is 0 Å². The van der Waals surface area contributed by atoms with Crippen LogP contribution in [0.1, 0.15) is 27.9 Å². The number of fused-ring (bicyclic) bond motifs is 2. The lowest BCUT2D eigenvalue weighted by molar-refractivity contribution is 0.948. The summed E-state index contributed by atoms with van der Waals surface area (Å²) in [7, 11) is 0. The number of nitrogens with zero attached hydrogens (tertiary/aromatic N) is 1. The number of hydrogen-bond acceptors (Lipinski definition) is 1. The van der Waals surface area contributed by atoms with E-state index in [1.165, 1.54) is 32.4 Å². The van der Waals surface area contributed by atoms with Gasteiger partial charge in [0.25, 0.3) is 0 Å². The molecule has 3 rings (SSSR count). The van der Waals surface area contributed by atoms with E-state index in [9.17, 15) is 0 Å². The minimum atomic E-state index is 0.929. The molecule has 0 radical (unpaired) electrons. The molecule has 0 atom stereocenters. The van der Waals surface area contributed by atoms with Crippen molar-refractivity contribution >= 4 is 31.9 Å². The highest BCUT2D eigenvalue weighted by molar-refractivity contribution is 9.10. The maximum atomic E-state index is 4.57. The second-order valence-electron chi connectivity index (χ2n) is 4.82. The second kappa shape index (κ2) is 4.78. The molecule has 1 heterocycles. The van der Waals surface area contributed by atoms with Gasteiger partial charge in [-0.25, -0.2) is 0 Å². The Kier molecular flexibility index (Phi) is 3.29. The van der Waals surface area contributed by atoms with Gasteiger partial charge >= 0.3 is 0 Å². The van der Waals surface area contributed by atoms with E-state index >= 15 is 0 Å². The first-order valence-electron chi connectivity index (χ1n) is 6.04. The van der Waals surface area contributed by atoms with Gasteiger partial charge in [0, 0.05) is 27.3 Å². The van der Waals surface area contributed by atoms with Crippen LogP contribution in [0.15, 0.2) is 33.3 Å². The number of halogens is 2. The summed E-state index contributed by atoms with van der Waals surface area (Å²) in [6.07, 6.45) is 5.00. The molecule has 1 aliphatic carbocycles. The normalized spacial score (nSPS) is 13.7. The Labute approximate surface area is 124 Å². The summed E-state index contributed by atoms with van der Waals surface area (Å²) in [5, 5.41) is 0. The Hall–Kier alpha value is -0.670. The van der Waals surface area contributed by atoms with Gasteiger partial charge in [-0.05, 0) is 70.1 Å². The summed E-state index contributed by atoms with van der Waals surface area (Å²) < 4.78 is 2.29. The third-order valence-corrected chi connectivity index (χ3v) is 4.61. The maximum Gasteiger partial charge on any atom is 0.0480 e. The lowest BCUT2D eigenvalue weighted by atomic mass is 10.0. The largest absolute Gasteiger partial charge is 0.259 e. The van der Waals surface area contributed by atoms with Crippen LogP contribution in [-0.4, -0.2) is 4.98 Å². The quantitative estimate of drug-likeness (QED) is 0.663. The van der Waals surface area contributed by atoms with E-state index in [0.717, 1.165) is 23.7 Å². The Morgan fingerprint density at radius 1 is 1.06 bits per heavy atom. The maximum absolute atomic E-state index is 4.57. The molecular formula is C15H13Br2N. The third-order valence-electron chi connectivity index (χ3n) is 3.47. The summed E-state index contributed by atoms with van der Waals surface area (Å²) in [4.78, 5) is 4.57. The summed E-state index contributed by atoms with van der Waals surface area (Å²) in [5.41, 5.74) is 6.75. The average Bonchev–Trinajstić information content (AvgIpc) is 2.49. The van der Waals surface area contributed by atoms with Crippen molar-refractivity contribution in [3.63, 3.8) is 0 Å². The van der Waals surface area contributed by atoms with E-state index in [1.54, 1.807) is 0 Å². The van der Waals surface area contributed by atoms with Gasteiger partial charge in [-0.1, -0.05) is 22.0 Å². The predicted octanol–water partition coefficient (Wildman–Crippen LogP) is 4.60. The standard InChI is InChI=1S/C15H13Br2N/c1-9-4-10-2-3-11-6-12(16)8-18-15(11)7-13(10)14(17)5-9/h4-6,8H,2-3,7H2,1H3. The van der Waals surface area contributed by atoms with Crippen LogP contribution in [0.5, 0.6) is 0 Å². The molecule has 0 bridgehead atoms. The van der Waals surface area contributed by atoms with E-state index in [4.69, 9.17) is 0 Å². The molecule has 0 saturated carbocycles. The van der Waals surface area contributed by atoms with Crippen LogP contribution >= 0.6 is 31.9 Å². The van der Waals surface area contributed by atoms with Crippen molar-refractivity contribution in [3.05, 3.63) is 61.3 Å². The molecule has 0 amide bonds.